The number of halogens is 3. The summed E-state index contributed by atoms with van der Waals surface area (Å²) in [5, 5.41) is 8.81. The van der Waals surface area contributed by atoms with Gasteiger partial charge in [-0.25, -0.2) is 8.78 Å². The Morgan fingerprint density at radius 1 is 1.11 bits per heavy atom. The molecule has 0 spiro atoms. The molecule has 3 aliphatic heterocycles. The van der Waals surface area contributed by atoms with Crippen LogP contribution in [0.2, 0.25) is 5.02 Å². The van der Waals surface area contributed by atoms with Crippen molar-refractivity contribution in [1.82, 2.24) is 9.80 Å². The Kier molecular flexibility index (Phi) is 8.07. The van der Waals surface area contributed by atoms with Gasteiger partial charge in [0.2, 0.25) is 0 Å². The normalized spacial score (nSPS) is 19.9. The van der Waals surface area contributed by atoms with Gasteiger partial charge in [-0.2, -0.15) is 10.2 Å². The fraction of sp³-hybridized carbons (Fsp3) is 0.393. The Bertz CT molecular complexity index is 1200. The van der Waals surface area contributed by atoms with Crippen LogP contribution in [0.4, 0.5) is 14.5 Å². The highest BCUT2D eigenvalue weighted by molar-refractivity contribution is 8.15. The van der Waals surface area contributed by atoms with E-state index in [1.807, 2.05) is 48.7 Å². The molecule has 196 valence electrons. The highest BCUT2D eigenvalue weighted by atomic mass is 35.5. The zero-order valence-corrected chi connectivity index (χ0v) is 22.3. The van der Waals surface area contributed by atoms with Gasteiger partial charge in [0, 0.05) is 41.5 Å². The third-order valence-electron chi connectivity index (χ3n) is 7.42. The number of nitrogens with zero attached hydrogens (tertiary/aromatic N) is 5. The number of piperidine rings is 1. The van der Waals surface area contributed by atoms with Crippen LogP contribution < -0.4 is 4.31 Å². The maximum Gasteiger partial charge on any atom is 0.278 e. The Balaban J connectivity index is 1.26. The minimum absolute atomic E-state index is 0.0964. The zero-order valence-electron chi connectivity index (χ0n) is 20.8. The van der Waals surface area contributed by atoms with Gasteiger partial charge in [0.05, 0.1) is 12.3 Å². The van der Waals surface area contributed by atoms with Gasteiger partial charge >= 0.3 is 0 Å². The smallest absolute Gasteiger partial charge is 0.278 e. The van der Waals surface area contributed by atoms with Crippen LogP contribution in [0.3, 0.4) is 0 Å². The van der Waals surface area contributed by atoms with Crippen LogP contribution in [0.15, 0.2) is 71.5 Å². The van der Waals surface area contributed by atoms with E-state index in [4.69, 9.17) is 11.6 Å². The van der Waals surface area contributed by atoms with Crippen molar-refractivity contribution < 1.29 is 8.78 Å². The van der Waals surface area contributed by atoms with Gasteiger partial charge in [-0.3, -0.25) is 4.90 Å². The van der Waals surface area contributed by atoms with E-state index in [0.29, 0.717) is 28.6 Å². The zero-order chi connectivity index (χ0) is 25.9. The predicted octanol–water partition coefficient (Wildman–Crippen LogP) is 6.07. The lowest BCUT2D eigenvalue weighted by Crippen LogP contribution is -2.59. The van der Waals surface area contributed by atoms with Crippen LogP contribution in [0.1, 0.15) is 30.4 Å². The predicted molar refractivity (Wildman–Crippen MR) is 154 cm³/mol. The second-order valence-electron chi connectivity index (χ2n) is 9.76. The van der Waals surface area contributed by atoms with Crippen LogP contribution in [-0.2, 0) is 6.54 Å². The molecule has 37 heavy (non-hydrogen) atoms. The quantitative estimate of drug-likeness (QED) is 0.360. The number of hydrogen-bond donors (Lipinski definition) is 0. The first-order valence-corrected chi connectivity index (χ1v) is 14.4. The summed E-state index contributed by atoms with van der Waals surface area (Å²) in [7, 11) is -0.246. The molecule has 2 aromatic rings. The first-order valence-electron chi connectivity index (χ1n) is 12.6. The second-order valence-corrected chi connectivity index (χ2v) is 12.1. The van der Waals surface area contributed by atoms with E-state index in [0.717, 1.165) is 55.8 Å². The van der Waals surface area contributed by atoms with Crippen molar-refractivity contribution in [2.45, 2.75) is 43.5 Å². The average molecular weight is 544 g/mol. The van der Waals surface area contributed by atoms with Crippen LogP contribution >= 0.6 is 22.3 Å². The van der Waals surface area contributed by atoms with E-state index in [1.54, 1.807) is 0 Å². The van der Waals surface area contributed by atoms with E-state index in [-0.39, 0.29) is 22.8 Å². The Morgan fingerprint density at radius 3 is 2.46 bits per heavy atom. The van der Waals surface area contributed by atoms with Crippen molar-refractivity contribution in [3.05, 3.63) is 77.5 Å². The summed E-state index contributed by atoms with van der Waals surface area (Å²) < 4.78 is 28.2. The molecule has 2 fully saturated rings. The maximum absolute atomic E-state index is 12.9. The molecule has 0 aromatic heterocycles. The van der Waals surface area contributed by atoms with E-state index < -0.39 is 6.43 Å². The SMILES string of the molecule is C=CN1CC(N2CCC(S(=C)N(Cc3ccc(C4=NN=C(C(F)F)C4)cc3)c3cccc(Cl)c3)CC2)C1. The summed E-state index contributed by atoms with van der Waals surface area (Å²) in [6, 6.07) is 16.6. The summed E-state index contributed by atoms with van der Waals surface area (Å²) in [5.74, 6) is 4.66. The molecule has 0 N–H and O–H groups in total. The standard InChI is InChI=1S/C28H32ClF2N5S/c1-3-34-18-24(19-34)35-13-11-25(12-14-35)37(2)36(23-6-4-5-22(29)15-23)17-20-7-9-21(10-8-20)26-16-27(28(30)31)33-32-26/h3-10,15,24-25,28H,1-2,11-14,16-19H2. The third kappa shape index (κ3) is 5.97. The minimum atomic E-state index is -2.57. The van der Waals surface area contributed by atoms with E-state index >= 15 is 0 Å². The van der Waals surface area contributed by atoms with Gasteiger partial charge in [-0.1, -0.05) is 65.1 Å². The number of anilines is 1. The molecular weight excluding hydrogens is 512 g/mol. The molecule has 0 amide bonds. The Labute approximate surface area is 225 Å². The Morgan fingerprint density at radius 2 is 1.84 bits per heavy atom. The molecule has 9 heteroatoms. The maximum atomic E-state index is 12.9. The average Bonchev–Trinajstić information content (AvgIpc) is 3.38. The number of alkyl halides is 2. The summed E-state index contributed by atoms with van der Waals surface area (Å²) in [4.78, 5) is 4.88. The van der Waals surface area contributed by atoms with Crippen molar-refractivity contribution in [3.63, 3.8) is 0 Å². The molecule has 1 unspecified atom stereocenters. The molecule has 2 aromatic carbocycles. The van der Waals surface area contributed by atoms with Crippen molar-refractivity contribution in [3.8, 4) is 0 Å². The molecule has 2 saturated heterocycles. The van der Waals surface area contributed by atoms with Gasteiger partial charge in [-0.15, -0.1) is 0 Å². The highest BCUT2D eigenvalue weighted by Crippen LogP contribution is 2.38. The largest absolute Gasteiger partial charge is 0.375 e. The first kappa shape index (κ1) is 26.1. The summed E-state index contributed by atoms with van der Waals surface area (Å²) in [6.07, 6.45) is 1.71. The molecule has 0 saturated carbocycles. The molecule has 5 nitrogen and oxygen atoms in total. The minimum Gasteiger partial charge on any atom is -0.375 e. The molecule has 5 rings (SSSR count). The van der Waals surface area contributed by atoms with E-state index in [1.165, 1.54) is 0 Å². The molecule has 0 radical (unpaired) electrons. The van der Waals surface area contributed by atoms with Gasteiger partial charge in [0.1, 0.15) is 5.71 Å². The van der Waals surface area contributed by atoms with Crippen molar-refractivity contribution in [2.75, 3.05) is 30.5 Å². The molecule has 3 heterocycles. The first-order chi connectivity index (χ1) is 17.9. The van der Waals surface area contributed by atoms with Crippen LogP contribution in [0, 0.1) is 0 Å². The summed E-state index contributed by atoms with van der Waals surface area (Å²) in [5.41, 5.74) is 3.42. The molecule has 3 aliphatic rings. The third-order valence-corrected chi connectivity index (χ3v) is 9.80. The molecule has 0 bridgehead atoms. The van der Waals surface area contributed by atoms with Gasteiger partial charge in [0.15, 0.2) is 0 Å². The molecular formula is C28H32ClF2N5S. The number of rotatable bonds is 9. The van der Waals surface area contributed by atoms with Crippen LogP contribution in [0.5, 0.6) is 0 Å². The molecule has 0 aliphatic carbocycles. The highest BCUT2D eigenvalue weighted by Gasteiger charge is 2.33. The lowest BCUT2D eigenvalue weighted by Gasteiger charge is -2.48. The van der Waals surface area contributed by atoms with E-state index in [2.05, 4.69) is 42.8 Å². The van der Waals surface area contributed by atoms with Crippen LogP contribution in [0.25, 0.3) is 0 Å². The van der Waals surface area contributed by atoms with Gasteiger partial charge in [-0.05, 0) is 61.5 Å². The summed E-state index contributed by atoms with van der Waals surface area (Å²) in [6.45, 7) is 8.92. The second kappa shape index (κ2) is 11.5. The Hall–Kier alpha value is -2.55. The number of likely N-dealkylation sites (tertiary alicyclic amines) is 2. The van der Waals surface area contributed by atoms with Gasteiger partial charge in [0.25, 0.3) is 6.43 Å². The number of benzene rings is 2. The van der Waals surface area contributed by atoms with Gasteiger partial charge < -0.3 is 9.21 Å². The fourth-order valence-electron chi connectivity index (χ4n) is 5.12. The van der Waals surface area contributed by atoms with Crippen molar-refractivity contribution >= 4 is 45.3 Å². The van der Waals surface area contributed by atoms with Crippen molar-refractivity contribution in [2.24, 2.45) is 10.2 Å². The lowest BCUT2D eigenvalue weighted by atomic mass is 10.0. The van der Waals surface area contributed by atoms with Crippen molar-refractivity contribution in [1.29, 1.82) is 0 Å². The summed E-state index contributed by atoms with van der Waals surface area (Å²) >= 11 is 6.37. The van der Waals surface area contributed by atoms with E-state index in [9.17, 15) is 8.78 Å². The monoisotopic (exact) mass is 543 g/mol. The van der Waals surface area contributed by atoms with Crippen LogP contribution in [-0.4, -0.2) is 71.0 Å². The fourth-order valence-corrected chi connectivity index (χ4v) is 7.12. The number of hydrogen-bond acceptors (Lipinski definition) is 5. The molecule has 1 atom stereocenters. The lowest BCUT2D eigenvalue weighted by molar-refractivity contribution is 0.0540. The topological polar surface area (TPSA) is 34.4 Å².